The first-order valence-electron chi connectivity index (χ1n) is 10.1. The Morgan fingerprint density at radius 1 is 0.931 bits per heavy atom. The summed E-state index contributed by atoms with van der Waals surface area (Å²) >= 11 is 0. The van der Waals surface area contributed by atoms with Gasteiger partial charge in [0.05, 0.1) is 5.92 Å². The molecule has 0 heterocycles. The molecule has 0 spiro atoms. The molecule has 6 heteroatoms. The Bertz CT molecular complexity index is 784. The van der Waals surface area contributed by atoms with Crippen molar-refractivity contribution in [1.29, 1.82) is 0 Å². The van der Waals surface area contributed by atoms with Crippen LogP contribution in [0.2, 0.25) is 0 Å². The van der Waals surface area contributed by atoms with Crippen LogP contribution >= 0.6 is 0 Å². The van der Waals surface area contributed by atoms with E-state index in [1.807, 2.05) is 54.6 Å². The number of carbonyl (C=O) groups is 2. The highest BCUT2D eigenvalue weighted by molar-refractivity contribution is 5.74. The van der Waals surface area contributed by atoms with E-state index in [9.17, 15) is 9.59 Å². The van der Waals surface area contributed by atoms with E-state index in [0.29, 0.717) is 26.0 Å². The number of amides is 2. The molecule has 1 aliphatic carbocycles. The molecule has 1 fully saturated rings. The van der Waals surface area contributed by atoms with Gasteiger partial charge in [-0.25, -0.2) is 4.79 Å². The fourth-order valence-corrected chi connectivity index (χ4v) is 3.53. The summed E-state index contributed by atoms with van der Waals surface area (Å²) in [5.74, 6) is -0.180. The van der Waals surface area contributed by atoms with E-state index in [2.05, 4.69) is 10.6 Å². The Hall–Kier alpha value is -3.02. The van der Waals surface area contributed by atoms with E-state index in [1.165, 1.54) is 0 Å². The number of carboxylic acid groups (broad SMARTS) is 1. The van der Waals surface area contributed by atoms with Crippen LogP contribution in [0.15, 0.2) is 54.6 Å². The molecule has 2 aromatic rings. The number of rotatable bonds is 8. The Morgan fingerprint density at radius 2 is 1.62 bits per heavy atom. The zero-order chi connectivity index (χ0) is 20.5. The van der Waals surface area contributed by atoms with Gasteiger partial charge in [0, 0.05) is 12.6 Å². The van der Waals surface area contributed by atoms with Gasteiger partial charge in [0.15, 0.2) is 0 Å². The maximum atomic E-state index is 12.0. The fourth-order valence-electron chi connectivity index (χ4n) is 3.53. The number of urea groups is 1. The second kappa shape index (κ2) is 10.5. The minimum Gasteiger partial charge on any atom is -0.489 e. The number of carbonyl (C=O) groups excluding carboxylic acids is 1. The van der Waals surface area contributed by atoms with Crippen molar-refractivity contribution in [3.05, 3.63) is 65.7 Å². The van der Waals surface area contributed by atoms with E-state index in [-0.39, 0.29) is 18.0 Å². The molecule has 0 aromatic heterocycles. The lowest BCUT2D eigenvalue weighted by atomic mass is 9.86. The van der Waals surface area contributed by atoms with Gasteiger partial charge < -0.3 is 20.5 Å². The Labute approximate surface area is 171 Å². The lowest BCUT2D eigenvalue weighted by molar-refractivity contribution is -0.142. The van der Waals surface area contributed by atoms with Gasteiger partial charge in [-0.1, -0.05) is 42.5 Å². The molecule has 3 rings (SSSR count). The first-order chi connectivity index (χ1) is 14.1. The summed E-state index contributed by atoms with van der Waals surface area (Å²) in [6.07, 6.45) is 3.42. The van der Waals surface area contributed by atoms with Crippen molar-refractivity contribution >= 4 is 12.0 Å². The van der Waals surface area contributed by atoms with Gasteiger partial charge in [-0.2, -0.15) is 0 Å². The molecular weight excluding hydrogens is 368 g/mol. The van der Waals surface area contributed by atoms with Crippen molar-refractivity contribution in [1.82, 2.24) is 10.6 Å². The summed E-state index contributed by atoms with van der Waals surface area (Å²) in [7, 11) is 0. The molecule has 1 aliphatic rings. The molecule has 6 nitrogen and oxygen atoms in total. The number of hydrogen-bond acceptors (Lipinski definition) is 3. The summed E-state index contributed by atoms with van der Waals surface area (Å²) in [6, 6.07) is 17.8. The summed E-state index contributed by atoms with van der Waals surface area (Å²) in [4.78, 5) is 23.0. The lowest BCUT2D eigenvalue weighted by Gasteiger charge is -2.26. The highest BCUT2D eigenvalue weighted by Crippen LogP contribution is 2.24. The quantitative estimate of drug-likeness (QED) is 0.634. The number of ether oxygens (including phenoxy) is 1. The molecule has 154 valence electrons. The van der Waals surface area contributed by atoms with Crippen molar-refractivity contribution in [3.63, 3.8) is 0 Å². The predicted molar refractivity (Wildman–Crippen MR) is 111 cm³/mol. The summed E-state index contributed by atoms with van der Waals surface area (Å²) in [6.45, 7) is 1.08. The van der Waals surface area contributed by atoms with Gasteiger partial charge in [0.25, 0.3) is 0 Å². The third kappa shape index (κ3) is 6.82. The van der Waals surface area contributed by atoms with Crippen LogP contribution in [0.25, 0.3) is 0 Å². The number of aliphatic carboxylic acids is 1. The smallest absolute Gasteiger partial charge is 0.315 e. The topological polar surface area (TPSA) is 87.7 Å². The summed E-state index contributed by atoms with van der Waals surface area (Å²) in [5.41, 5.74) is 2.25. The van der Waals surface area contributed by atoms with Crippen molar-refractivity contribution in [2.45, 2.75) is 44.8 Å². The van der Waals surface area contributed by atoms with E-state index < -0.39 is 5.97 Å². The van der Waals surface area contributed by atoms with Crippen LogP contribution < -0.4 is 15.4 Å². The Kier molecular flexibility index (Phi) is 7.50. The van der Waals surface area contributed by atoms with Crippen molar-refractivity contribution in [2.75, 3.05) is 6.54 Å². The number of nitrogens with one attached hydrogen (secondary N) is 2. The summed E-state index contributed by atoms with van der Waals surface area (Å²) < 4.78 is 5.78. The van der Waals surface area contributed by atoms with Crippen molar-refractivity contribution < 1.29 is 19.4 Å². The first-order valence-corrected chi connectivity index (χ1v) is 10.1. The zero-order valence-electron chi connectivity index (χ0n) is 16.5. The van der Waals surface area contributed by atoms with Crippen LogP contribution in [0.4, 0.5) is 4.79 Å². The first kappa shape index (κ1) is 20.7. The van der Waals surface area contributed by atoms with Gasteiger partial charge in [-0.15, -0.1) is 0 Å². The molecule has 0 aliphatic heterocycles. The average Bonchev–Trinajstić information content (AvgIpc) is 2.74. The lowest BCUT2D eigenvalue weighted by Crippen LogP contribution is -2.44. The molecule has 29 heavy (non-hydrogen) atoms. The molecule has 0 unspecified atom stereocenters. The van der Waals surface area contributed by atoms with Crippen LogP contribution in [-0.2, 0) is 17.8 Å². The highest BCUT2D eigenvalue weighted by atomic mass is 16.5. The highest BCUT2D eigenvalue weighted by Gasteiger charge is 2.26. The van der Waals surface area contributed by atoms with E-state index in [4.69, 9.17) is 9.84 Å². The Morgan fingerprint density at radius 3 is 2.28 bits per heavy atom. The maximum Gasteiger partial charge on any atom is 0.315 e. The number of hydrogen-bond donors (Lipinski definition) is 3. The minimum atomic E-state index is -0.732. The molecule has 2 aromatic carbocycles. The normalized spacial score (nSPS) is 18.6. The SMILES string of the molecule is O=C(NCCc1ccc(OCc2ccccc2)cc1)NC1CCC(C(=O)O)CC1. The van der Waals surface area contributed by atoms with Crippen molar-refractivity contribution in [2.24, 2.45) is 5.92 Å². The van der Waals surface area contributed by atoms with Gasteiger partial charge in [-0.3, -0.25) is 4.79 Å². The summed E-state index contributed by atoms with van der Waals surface area (Å²) in [5, 5.41) is 14.8. The van der Waals surface area contributed by atoms with Crippen molar-refractivity contribution in [3.8, 4) is 5.75 Å². The van der Waals surface area contributed by atoms with E-state index in [0.717, 1.165) is 36.1 Å². The number of carboxylic acids is 1. The standard InChI is InChI=1S/C23H28N2O4/c26-22(27)19-8-10-20(11-9-19)25-23(28)24-15-14-17-6-12-21(13-7-17)29-16-18-4-2-1-3-5-18/h1-7,12-13,19-20H,8-11,14-16H2,(H,26,27)(H2,24,25,28). The second-order valence-electron chi connectivity index (χ2n) is 7.46. The maximum absolute atomic E-state index is 12.0. The molecular formula is C23H28N2O4. The Balaban J connectivity index is 1.33. The van der Waals surface area contributed by atoms with Crippen LogP contribution in [0.1, 0.15) is 36.8 Å². The monoisotopic (exact) mass is 396 g/mol. The van der Waals surface area contributed by atoms with Crippen LogP contribution in [0.3, 0.4) is 0 Å². The van der Waals surface area contributed by atoms with Crippen LogP contribution in [0, 0.1) is 5.92 Å². The minimum absolute atomic E-state index is 0.0617. The van der Waals surface area contributed by atoms with E-state index >= 15 is 0 Å². The van der Waals surface area contributed by atoms with Gasteiger partial charge >= 0.3 is 12.0 Å². The van der Waals surface area contributed by atoms with Crippen LogP contribution in [0.5, 0.6) is 5.75 Å². The fraction of sp³-hybridized carbons (Fsp3) is 0.391. The predicted octanol–water partition coefficient (Wildman–Crippen LogP) is 3.75. The van der Waals surface area contributed by atoms with Gasteiger partial charge in [-0.05, 0) is 55.4 Å². The van der Waals surface area contributed by atoms with E-state index in [1.54, 1.807) is 0 Å². The number of benzene rings is 2. The molecule has 0 saturated heterocycles. The molecule has 0 atom stereocenters. The van der Waals surface area contributed by atoms with Gasteiger partial charge in [0.1, 0.15) is 12.4 Å². The van der Waals surface area contributed by atoms with Crippen LogP contribution in [-0.4, -0.2) is 29.7 Å². The molecule has 0 bridgehead atoms. The molecule has 0 radical (unpaired) electrons. The molecule has 2 amide bonds. The largest absolute Gasteiger partial charge is 0.489 e. The molecule has 1 saturated carbocycles. The third-order valence-corrected chi connectivity index (χ3v) is 5.28. The average molecular weight is 396 g/mol. The van der Waals surface area contributed by atoms with Gasteiger partial charge in [0.2, 0.25) is 0 Å². The second-order valence-corrected chi connectivity index (χ2v) is 7.46. The molecule has 3 N–H and O–H groups in total. The third-order valence-electron chi connectivity index (χ3n) is 5.28. The zero-order valence-corrected chi connectivity index (χ0v) is 16.5.